The number of carboxylic acids is 1. The van der Waals surface area contributed by atoms with E-state index in [1.54, 1.807) is 0 Å². The molecule has 0 aliphatic heterocycles. The van der Waals surface area contributed by atoms with Gasteiger partial charge in [-0.3, -0.25) is 9.59 Å². The first-order chi connectivity index (χ1) is 10.1. The van der Waals surface area contributed by atoms with E-state index in [0.29, 0.717) is 12.8 Å². The number of esters is 1. The summed E-state index contributed by atoms with van der Waals surface area (Å²) in [7, 11) is 0. The van der Waals surface area contributed by atoms with Crippen molar-refractivity contribution >= 4 is 22.7 Å². The normalized spacial score (nSPS) is 14.1. The molecule has 0 spiro atoms. The van der Waals surface area contributed by atoms with Crippen molar-refractivity contribution in [2.45, 2.75) is 31.8 Å². The Kier molecular flexibility index (Phi) is 3.60. The highest BCUT2D eigenvalue weighted by Gasteiger charge is 2.23. The molecule has 0 saturated carbocycles. The lowest BCUT2D eigenvalue weighted by Crippen LogP contribution is -2.26. The number of carbonyl (C=O) groups is 2. The molecule has 1 N–H and O–H groups in total. The van der Waals surface area contributed by atoms with Crippen molar-refractivity contribution < 1.29 is 19.4 Å². The molecule has 21 heavy (non-hydrogen) atoms. The van der Waals surface area contributed by atoms with Crippen LogP contribution in [0, 0.1) is 0 Å². The predicted octanol–water partition coefficient (Wildman–Crippen LogP) is 2.72. The Bertz CT molecular complexity index is 664. The van der Waals surface area contributed by atoms with Gasteiger partial charge in [-0.05, 0) is 21.9 Å². The standard InChI is InChI=1S/C17H16O4/c18-15(19)7-8-16(20)21-14-9-12-5-1-3-11-4-2-6-13(10-14)17(11)12/h1-6,14H,7-10H2,(H,18,19). The van der Waals surface area contributed by atoms with Gasteiger partial charge in [0.2, 0.25) is 0 Å². The number of benzene rings is 2. The minimum Gasteiger partial charge on any atom is -0.481 e. The topological polar surface area (TPSA) is 63.6 Å². The van der Waals surface area contributed by atoms with Crippen molar-refractivity contribution in [1.29, 1.82) is 0 Å². The van der Waals surface area contributed by atoms with Gasteiger partial charge in [-0.15, -0.1) is 0 Å². The Balaban J connectivity index is 1.75. The van der Waals surface area contributed by atoms with Crippen molar-refractivity contribution in [3.63, 3.8) is 0 Å². The number of rotatable bonds is 4. The van der Waals surface area contributed by atoms with Gasteiger partial charge >= 0.3 is 11.9 Å². The molecule has 3 rings (SSSR count). The Hall–Kier alpha value is -2.36. The van der Waals surface area contributed by atoms with E-state index in [9.17, 15) is 9.59 Å². The molecule has 0 aromatic heterocycles. The van der Waals surface area contributed by atoms with E-state index >= 15 is 0 Å². The summed E-state index contributed by atoms with van der Waals surface area (Å²) in [5, 5.41) is 11.1. The number of carbonyl (C=O) groups excluding carboxylic acids is 1. The maximum absolute atomic E-state index is 11.7. The Morgan fingerprint density at radius 1 is 1.05 bits per heavy atom. The van der Waals surface area contributed by atoms with Crippen LogP contribution in [0.4, 0.5) is 0 Å². The molecule has 0 unspecified atom stereocenters. The molecule has 1 aliphatic carbocycles. The number of carboxylic acid groups (broad SMARTS) is 1. The summed E-state index contributed by atoms with van der Waals surface area (Å²) in [5.74, 6) is -1.42. The van der Waals surface area contributed by atoms with Gasteiger partial charge in [-0.1, -0.05) is 36.4 Å². The first-order valence-corrected chi connectivity index (χ1v) is 7.04. The lowest BCUT2D eigenvalue weighted by molar-refractivity contribution is -0.152. The molecule has 0 fully saturated rings. The van der Waals surface area contributed by atoms with Gasteiger partial charge in [-0.25, -0.2) is 0 Å². The first-order valence-electron chi connectivity index (χ1n) is 7.04. The maximum Gasteiger partial charge on any atom is 0.306 e. The summed E-state index contributed by atoms with van der Waals surface area (Å²) in [5.41, 5.74) is 2.37. The van der Waals surface area contributed by atoms with Gasteiger partial charge in [0.1, 0.15) is 6.10 Å². The zero-order valence-corrected chi connectivity index (χ0v) is 11.5. The summed E-state index contributed by atoms with van der Waals surface area (Å²) in [6.45, 7) is 0. The van der Waals surface area contributed by atoms with Crippen LogP contribution in [-0.2, 0) is 27.2 Å². The molecule has 2 aromatic rings. The number of ether oxygens (including phenoxy) is 1. The molecule has 2 aromatic carbocycles. The van der Waals surface area contributed by atoms with E-state index in [4.69, 9.17) is 9.84 Å². The minimum absolute atomic E-state index is 0.0717. The molecule has 0 bridgehead atoms. The molecule has 1 aliphatic rings. The van der Waals surface area contributed by atoms with Crippen LogP contribution < -0.4 is 0 Å². The summed E-state index contributed by atoms with van der Waals surface area (Å²) in [4.78, 5) is 22.2. The summed E-state index contributed by atoms with van der Waals surface area (Å²) >= 11 is 0. The quantitative estimate of drug-likeness (QED) is 0.877. The van der Waals surface area contributed by atoms with Gasteiger partial charge in [0, 0.05) is 12.8 Å². The van der Waals surface area contributed by atoms with Crippen LogP contribution in [0.15, 0.2) is 36.4 Å². The van der Waals surface area contributed by atoms with E-state index in [1.165, 1.54) is 21.9 Å². The van der Waals surface area contributed by atoms with Crippen molar-refractivity contribution in [1.82, 2.24) is 0 Å². The van der Waals surface area contributed by atoms with Crippen molar-refractivity contribution in [3.8, 4) is 0 Å². The zero-order valence-electron chi connectivity index (χ0n) is 11.5. The smallest absolute Gasteiger partial charge is 0.306 e. The monoisotopic (exact) mass is 284 g/mol. The van der Waals surface area contributed by atoms with E-state index in [0.717, 1.165) is 0 Å². The fraction of sp³-hybridized carbons (Fsp3) is 0.294. The third kappa shape index (κ3) is 2.89. The average Bonchev–Trinajstić information content (AvgIpc) is 2.45. The van der Waals surface area contributed by atoms with E-state index < -0.39 is 11.9 Å². The fourth-order valence-corrected chi connectivity index (χ4v) is 2.94. The first kappa shape index (κ1) is 13.6. The van der Waals surface area contributed by atoms with Crippen LogP contribution in [0.3, 0.4) is 0 Å². The molecule has 0 heterocycles. The van der Waals surface area contributed by atoms with Crippen LogP contribution in [0.25, 0.3) is 10.8 Å². The highest BCUT2D eigenvalue weighted by molar-refractivity contribution is 5.89. The van der Waals surface area contributed by atoms with Crippen LogP contribution in [0.5, 0.6) is 0 Å². The lowest BCUT2D eigenvalue weighted by Gasteiger charge is -2.25. The SMILES string of the molecule is O=C(O)CCC(=O)OC1Cc2cccc3cccc(c23)C1. The Labute approximate surface area is 122 Å². The van der Waals surface area contributed by atoms with Gasteiger partial charge < -0.3 is 9.84 Å². The molecule has 4 nitrogen and oxygen atoms in total. The molecule has 0 saturated heterocycles. The second kappa shape index (κ2) is 5.56. The van der Waals surface area contributed by atoms with E-state index in [1.807, 2.05) is 12.1 Å². The minimum atomic E-state index is -0.981. The summed E-state index contributed by atoms with van der Waals surface area (Å²) in [6.07, 6.45) is 0.919. The van der Waals surface area contributed by atoms with Gasteiger partial charge in [-0.2, -0.15) is 0 Å². The third-order valence-corrected chi connectivity index (χ3v) is 3.81. The van der Waals surface area contributed by atoms with Crippen molar-refractivity contribution in [3.05, 3.63) is 47.5 Å². The summed E-state index contributed by atoms with van der Waals surface area (Å²) in [6, 6.07) is 12.3. The van der Waals surface area contributed by atoms with Gasteiger partial charge in [0.05, 0.1) is 12.8 Å². The van der Waals surface area contributed by atoms with Crippen LogP contribution >= 0.6 is 0 Å². The predicted molar refractivity (Wildman–Crippen MR) is 78.1 cm³/mol. The number of hydrogen-bond donors (Lipinski definition) is 1. The Morgan fingerprint density at radius 3 is 2.24 bits per heavy atom. The second-order valence-electron chi connectivity index (χ2n) is 5.35. The van der Waals surface area contributed by atoms with Crippen molar-refractivity contribution in [2.24, 2.45) is 0 Å². The largest absolute Gasteiger partial charge is 0.481 e. The lowest BCUT2D eigenvalue weighted by atomic mass is 9.87. The highest BCUT2D eigenvalue weighted by atomic mass is 16.5. The maximum atomic E-state index is 11.7. The van der Waals surface area contributed by atoms with Crippen LogP contribution in [0.1, 0.15) is 24.0 Å². The molecular formula is C17H16O4. The van der Waals surface area contributed by atoms with Crippen LogP contribution in [0.2, 0.25) is 0 Å². The van der Waals surface area contributed by atoms with Gasteiger partial charge in [0.25, 0.3) is 0 Å². The average molecular weight is 284 g/mol. The van der Waals surface area contributed by atoms with Crippen molar-refractivity contribution in [2.75, 3.05) is 0 Å². The fourth-order valence-electron chi connectivity index (χ4n) is 2.94. The molecule has 0 atom stereocenters. The van der Waals surface area contributed by atoms with E-state index in [-0.39, 0.29) is 18.9 Å². The number of aliphatic carboxylic acids is 1. The molecule has 4 heteroatoms. The third-order valence-electron chi connectivity index (χ3n) is 3.81. The zero-order chi connectivity index (χ0) is 14.8. The summed E-state index contributed by atoms with van der Waals surface area (Å²) < 4.78 is 5.43. The highest BCUT2D eigenvalue weighted by Crippen LogP contribution is 2.30. The molecule has 0 amide bonds. The van der Waals surface area contributed by atoms with Crippen LogP contribution in [-0.4, -0.2) is 23.1 Å². The molecule has 0 radical (unpaired) electrons. The molecular weight excluding hydrogens is 268 g/mol. The Morgan fingerprint density at radius 2 is 1.67 bits per heavy atom. The van der Waals surface area contributed by atoms with E-state index in [2.05, 4.69) is 24.3 Å². The molecule has 108 valence electrons. The number of hydrogen-bond acceptors (Lipinski definition) is 3. The second-order valence-corrected chi connectivity index (χ2v) is 5.35. The van der Waals surface area contributed by atoms with Gasteiger partial charge in [0.15, 0.2) is 0 Å².